The topological polar surface area (TPSA) is 67.9 Å². The van der Waals surface area contributed by atoms with Crippen molar-refractivity contribution in [1.29, 1.82) is 0 Å². The van der Waals surface area contributed by atoms with Crippen molar-refractivity contribution >= 4 is 11.9 Å². The van der Waals surface area contributed by atoms with Crippen LogP contribution in [0.25, 0.3) is 11.1 Å². The molecule has 1 amide bonds. The number of hydrogen-bond donors (Lipinski definition) is 1. The van der Waals surface area contributed by atoms with Crippen LogP contribution >= 0.6 is 0 Å². The molecule has 2 aliphatic carbocycles. The lowest BCUT2D eigenvalue weighted by molar-refractivity contribution is -0.133. The van der Waals surface area contributed by atoms with E-state index >= 15 is 0 Å². The minimum atomic E-state index is -0.873. The number of carbonyl (C=O) groups excluding carboxylic acids is 1. The van der Waals surface area contributed by atoms with E-state index in [9.17, 15) is 4.79 Å². The number of methoxy groups -OCH3 is 1. The van der Waals surface area contributed by atoms with Gasteiger partial charge in [0.1, 0.15) is 5.75 Å². The molecule has 0 saturated heterocycles. The average molecular weight is 375 g/mol. The average Bonchev–Trinajstić information content (AvgIpc) is 2.90. The zero-order chi connectivity index (χ0) is 19.5. The molecule has 1 atom stereocenters. The highest BCUT2D eigenvalue weighted by Gasteiger charge is 2.57. The fourth-order valence-corrected chi connectivity index (χ4v) is 5.22. The monoisotopic (exact) mass is 375 g/mol. The van der Waals surface area contributed by atoms with Gasteiger partial charge in [0.15, 0.2) is 11.5 Å². The third-order valence-electron chi connectivity index (χ3n) is 6.88. The van der Waals surface area contributed by atoms with E-state index < -0.39 is 5.54 Å². The summed E-state index contributed by atoms with van der Waals surface area (Å²) in [6, 6.07) is 14.5. The van der Waals surface area contributed by atoms with Crippen LogP contribution in [0, 0.1) is 5.41 Å². The van der Waals surface area contributed by atoms with Crippen molar-refractivity contribution < 1.29 is 9.53 Å². The summed E-state index contributed by atoms with van der Waals surface area (Å²) in [7, 11) is 3.40. The second-order valence-corrected chi connectivity index (χ2v) is 8.51. The maximum Gasteiger partial charge on any atom is 0.261 e. The summed E-state index contributed by atoms with van der Waals surface area (Å²) in [5, 5.41) is 0. The molecular formula is C23H25N3O2. The van der Waals surface area contributed by atoms with Crippen LogP contribution < -0.4 is 10.5 Å². The first-order valence-electron chi connectivity index (χ1n) is 9.88. The quantitative estimate of drug-likeness (QED) is 0.874. The number of rotatable bonds is 2. The van der Waals surface area contributed by atoms with Crippen molar-refractivity contribution in [2.75, 3.05) is 14.2 Å². The van der Waals surface area contributed by atoms with Gasteiger partial charge in [-0.05, 0) is 71.6 Å². The zero-order valence-corrected chi connectivity index (χ0v) is 16.4. The zero-order valence-electron chi connectivity index (χ0n) is 16.4. The van der Waals surface area contributed by atoms with Crippen LogP contribution in [0.5, 0.6) is 5.75 Å². The van der Waals surface area contributed by atoms with Crippen LogP contribution in [0.2, 0.25) is 0 Å². The third-order valence-corrected chi connectivity index (χ3v) is 6.88. The second-order valence-electron chi connectivity index (χ2n) is 8.51. The van der Waals surface area contributed by atoms with E-state index in [-0.39, 0.29) is 11.3 Å². The lowest BCUT2D eigenvalue weighted by Crippen LogP contribution is -2.49. The summed E-state index contributed by atoms with van der Waals surface area (Å²) in [6.45, 7) is 0. The van der Waals surface area contributed by atoms with Crippen LogP contribution in [0.4, 0.5) is 0 Å². The highest BCUT2D eigenvalue weighted by molar-refractivity contribution is 6.07. The van der Waals surface area contributed by atoms with Crippen molar-refractivity contribution in [2.24, 2.45) is 16.1 Å². The largest absolute Gasteiger partial charge is 0.497 e. The van der Waals surface area contributed by atoms with Gasteiger partial charge in [-0.3, -0.25) is 9.69 Å². The van der Waals surface area contributed by atoms with Crippen LogP contribution in [0.3, 0.4) is 0 Å². The van der Waals surface area contributed by atoms with Crippen molar-refractivity contribution in [3.05, 3.63) is 53.6 Å². The van der Waals surface area contributed by atoms with Gasteiger partial charge >= 0.3 is 0 Å². The fraction of sp³-hybridized carbons (Fsp3) is 0.391. The Hall–Kier alpha value is -2.82. The maximum absolute atomic E-state index is 13.3. The van der Waals surface area contributed by atoms with Crippen LogP contribution in [-0.2, 0) is 16.8 Å². The number of aliphatic imine (C=N–C) groups is 1. The lowest BCUT2D eigenvalue weighted by Gasteiger charge is -2.50. The van der Waals surface area contributed by atoms with E-state index in [1.165, 1.54) is 16.9 Å². The highest BCUT2D eigenvalue weighted by Crippen LogP contribution is 2.58. The van der Waals surface area contributed by atoms with E-state index in [4.69, 9.17) is 15.5 Å². The summed E-state index contributed by atoms with van der Waals surface area (Å²) < 4.78 is 5.38. The highest BCUT2D eigenvalue weighted by atomic mass is 16.5. The predicted molar refractivity (Wildman–Crippen MR) is 109 cm³/mol. The minimum Gasteiger partial charge on any atom is -0.497 e. The summed E-state index contributed by atoms with van der Waals surface area (Å²) in [5.41, 5.74) is 9.81. The molecule has 1 saturated carbocycles. The predicted octanol–water partition coefficient (Wildman–Crippen LogP) is 3.46. The molecule has 2 aromatic rings. The number of benzene rings is 2. The first kappa shape index (κ1) is 17.3. The molecule has 0 radical (unpaired) electrons. The Bertz CT molecular complexity index is 1010. The van der Waals surface area contributed by atoms with Crippen LogP contribution in [0.1, 0.15) is 36.8 Å². The van der Waals surface area contributed by atoms with Gasteiger partial charge < -0.3 is 10.5 Å². The molecule has 1 unspecified atom stereocenters. The van der Waals surface area contributed by atoms with Crippen molar-refractivity contribution in [3.8, 4) is 16.9 Å². The van der Waals surface area contributed by atoms with E-state index in [2.05, 4.69) is 24.3 Å². The molecule has 5 rings (SSSR count). The number of nitrogens with two attached hydrogens (primary N) is 1. The SMILES string of the molecule is COc1cccc(-c2ccc3c(c2)C2(CC4(CCC4)C3)N=C(N)N(C)C2=O)c1. The Morgan fingerprint density at radius 3 is 2.57 bits per heavy atom. The van der Waals surface area contributed by atoms with E-state index in [1.54, 1.807) is 14.2 Å². The number of likely N-dealkylation sites (N-methyl/N-ethyl adjacent to an activating group) is 1. The van der Waals surface area contributed by atoms with Gasteiger partial charge in [-0.1, -0.05) is 30.7 Å². The van der Waals surface area contributed by atoms with Crippen molar-refractivity contribution in [1.82, 2.24) is 4.90 Å². The molecule has 5 heteroatoms. The van der Waals surface area contributed by atoms with Gasteiger partial charge in [0, 0.05) is 7.05 Å². The number of amides is 1. The summed E-state index contributed by atoms with van der Waals surface area (Å²) in [4.78, 5) is 19.6. The third kappa shape index (κ3) is 2.32. The fourth-order valence-electron chi connectivity index (χ4n) is 5.22. The molecule has 2 N–H and O–H groups in total. The molecule has 3 aliphatic rings. The Morgan fingerprint density at radius 1 is 1.14 bits per heavy atom. The summed E-state index contributed by atoms with van der Waals surface area (Å²) in [6.07, 6.45) is 5.35. The van der Waals surface area contributed by atoms with Gasteiger partial charge in [0.2, 0.25) is 0 Å². The maximum atomic E-state index is 13.3. The van der Waals surface area contributed by atoms with Gasteiger partial charge in [-0.25, -0.2) is 4.99 Å². The molecule has 28 heavy (non-hydrogen) atoms. The van der Waals surface area contributed by atoms with E-state index in [0.29, 0.717) is 5.96 Å². The van der Waals surface area contributed by atoms with Gasteiger partial charge in [0.25, 0.3) is 5.91 Å². The molecule has 0 aromatic heterocycles. The Kier molecular flexibility index (Phi) is 3.60. The molecular weight excluding hydrogens is 350 g/mol. The summed E-state index contributed by atoms with van der Waals surface area (Å²) >= 11 is 0. The van der Waals surface area contributed by atoms with Crippen LogP contribution in [0.15, 0.2) is 47.5 Å². The molecule has 1 aliphatic heterocycles. The van der Waals surface area contributed by atoms with Gasteiger partial charge in [-0.2, -0.15) is 0 Å². The normalized spacial score (nSPS) is 24.9. The number of ether oxygens (including phenoxy) is 1. The number of carbonyl (C=O) groups is 1. The van der Waals surface area contributed by atoms with E-state index in [1.807, 2.05) is 18.2 Å². The first-order valence-corrected chi connectivity index (χ1v) is 9.88. The Labute approximate surface area is 165 Å². The Morgan fingerprint density at radius 2 is 1.93 bits per heavy atom. The van der Waals surface area contributed by atoms with Gasteiger partial charge in [0.05, 0.1) is 7.11 Å². The molecule has 144 valence electrons. The standard InChI is InChI=1S/C23H25N3O2/c1-26-20(27)23(25-21(26)24)14-22(9-4-10-22)13-17-8-7-16(12-19(17)23)15-5-3-6-18(11-15)28-2/h3,5-8,11-12H,4,9-10,13-14H2,1-2H3,(H2,24,25). The number of nitrogens with zero attached hydrogens (tertiary/aromatic N) is 2. The lowest BCUT2D eigenvalue weighted by atomic mass is 9.55. The minimum absolute atomic E-state index is 0.0000160. The van der Waals surface area contributed by atoms with Gasteiger partial charge in [-0.15, -0.1) is 0 Å². The molecule has 1 fully saturated rings. The van der Waals surface area contributed by atoms with Crippen LogP contribution in [-0.4, -0.2) is 30.9 Å². The summed E-state index contributed by atoms with van der Waals surface area (Å²) in [5.74, 6) is 1.14. The number of guanidine groups is 1. The van der Waals surface area contributed by atoms with Crippen molar-refractivity contribution in [3.63, 3.8) is 0 Å². The molecule has 2 spiro atoms. The smallest absolute Gasteiger partial charge is 0.261 e. The van der Waals surface area contributed by atoms with E-state index in [0.717, 1.165) is 48.1 Å². The molecule has 5 nitrogen and oxygen atoms in total. The molecule has 1 heterocycles. The Balaban J connectivity index is 1.68. The molecule has 0 bridgehead atoms. The van der Waals surface area contributed by atoms with Crippen molar-refractivity contribution in [2.45, 2.75) is 37.6 Å². The first-order chi connectivity index (χ1) is 13.5. The number of hydrogen-bond acceptors (Lipinski definition) is 4. The number of fused-ring (bicyclic) bond motifs is 2. The second kappa shape index (κ2) is 5.84. The molecule has 2 aromatic carbocycles.